The molecule has 0 radical (unpaired) electrons. The average molecular weight is 466 g/mol. The number of hydrogen-bond donors (Lipinski definition) is 2. The first-order valence-electron chi connectivity index (χ1n) is 12.0. The molecular formula is C30H31N3O2. The van der Waals surface area contributed by atoms with Crippen molar-refractivity contribution in [2.24, 2.45) is 4.99 Å². The van der Waals surface area contributed by atoms with Gasteiger partial charge in [0.1, 0.15) is 11.4 Å². The summed E-state index contributed by atoms with van der Waals surface area (Å²) in [6.45, 7) is 5.08. The summed E-state index contributed by atoms with van der Waals surface area (Å²) in [4.78, 5) is 5.55. The second kappa shape index (κ2) is 9.90. The minimum absolute atomic E-state index is 0.337. The maximum absolute atomic E-state index is 6.18. The SMILES string of the molecule is CCO[C@H]1NC(C)=CC(COC)=C1C1=NC(c2ccccc2)(c2ccccc2)c2ccccc2N1. The van der Waals surface area contributed by atoms with Gasteiger partial charge >= 0.3 is 0 Å². The molecule has 1 atom stereocenters. The summed E-state index contributed by atoms with van der Waals surface area (Å²) in [6.07, 6.45) is 1.78. The number of anilines is 1. The Balaban J connectivity index is 1.83. The number of nitrogens with zero attached hydrogens (tertiary/aromatic N) is 1. The summed E-state index contributed by atoms with van der Waals surface area (Å²) in [7, 11) is 1.72. The van der Waals surface area contributed by atoms with Crippen molar-refractivity contribution < 1.29 is 9.47 Å². The summed E-state index contributed by atoms with van der Waals surface area (Å²) in [6, 6.07) is 29.4. The number of aliphatic imine (C=N–C) groups is 1. The highest BCUT2D eigenvalue weighted by Gasteiger charge is 2.42. The molecule has 0 amide bonds. The van der Waals surface area contributed by atoms with Crippen LogP contribution in [0.1, 0.15) is 30.5 Å². The number of nitrogens with one attached hydrogen (secondary N) is 2. The Bertz CT molecular complexity index is 1240. The summed E-state index contributed by atoms with van der Waals surface area (Å²) in [5, 5.41) is 7.13. The van der Waals surface area contributed by atoms with E-state index in [0.717, 1.165) is 45.1 Å². The zero-order chi connectivity index (χ0) is 24.3. The number of allylic oxidation sites excluding steroid dienone is 1. The van der Waals surface area contributed by atoms with Crippen molar-refractivity contribution in [3.8, 4) is 0 Å². The predicted molar refractivity (Wildman–Crippen MR) is 141 cm³/mol. The lowest BCUT2D eigenvalue weighted by Crippen LogP contribution is -2.44. The molecule has 178 valence electrons. The van der Waals surface area contributed by atoms with Crippen LogP contribution in [-0.4, -0.2) is 32.4 Å². The third-order valence-corrected chi connectivity index (χ3v) is 6.48. The van der Waals surface area contributed by atoms with E-state index in [2.05, 4.69) is 89.5 Å². The highest BCUT2D eigenvalue weighted by atomic mass is 16.5. The molecule has 3 aromatic carbocycles. The number of ether oxygens (including phenoxy) is 2. The largest absolute Gasteiger partial charge is 0.380 e. The van der Waals surface area contributed by atoms with Crippen LogP contribution >= 0.6 is 0 Å². The molecule has 0 unspecified atom stereocenters. The van der Waals surface area contributed by atoms with Crippen molar-refractivity contribution in [2.75, 3.05) is 25.6 Å². The van der Waals surface area contributed by atoms with E-state index >= 15 is 0 Å². The summed E-state index contributed by atoms with van der Waals surface area (Å²) >= 11 is 0. The fourth-order valence-electron chi connectivity index (χ4n) is 5.06. The molecule has 5 heteroatoms. The van der Waals surface area contributed by atoms with Gasteiger partial charge in [0.15, 0.2) is 6.23 Å². The van der Waals surface area contributed by atoms with Gasteiger partial charge in [0, 0.05) is 36.2 Å². The molecule has 0 fully saturated rings. The quantitative estimate of drug-likeness (QED) is 0.476. The summed E-state index contributed by atoms with van der Waals surface area (Å²) in [5.41, 5.74) is 6.67. The lowest BCUT2D eigenvalue weighted by Gasteiger charge is -2.40. The first-order chi connectivity index (χ1) is 17.2. The molecule has 0 bridgehead atoms. The molecule has 35 heavy (non-hydrogen) atoms. The maximum Gasteiger partial charge on any atom is 0.157 e. The lowest BCUT2D eigenvalue weighted by molar-refractivity contribution is 0.0724. The number of benzene rings is 3. The molecule has 0 aliphatic carbocycles. The Labute approximate surface area is 207 Å². The Hall–Kier alpha value is -3.67. The van der Waals surface area contributed by atoms with Crippen LogP contribution in [0.3, 0.4) is 0 Å². The normalized spacial score (nSPS) is 18.7. The number of para-hydroxylation sites is 1. The van der Waals surface area contributed by atoms with Gasteiger partial charge in [0.05, 0.1) is 6.61 Å². The fourth-order valence-corrected chi connectivity index (χ4v) is 5.06. The van der Waals surface area contributed by atoms with E-state index in [9.17, 15) is 0 Å². The standard InChI is InChI=1S/C30H31N3O2/c1-4-35-29-27(22(20-34-3)19-21(2)31-29)28-32-26-18-12-11-17-25(26)30(33-28,23-13-7-5-8-14-23)24-15-9-6-10-16-24/h5-19,29,31H,4,20H2,1-3H3,(H,32,33)/t29-/m1/s1. The second-order valence-corrected chi connectivity index (χ2v) is 8.75. The van der Waals surface area contributed by atoms with E-state index in [4.69, 9.17) is 14.5 Å². The number of dihydropyridines is 1. The zero-order valence-electron chi connectivity index (χ0n) is 20.4. The number of amidine groups is 1. The molecule has 2 aliphatic rings. The molecule has 5 rings (SSSR count). The molecular weight excluding hydrogens is 434 g/mol. The van der Waals surface area contributed by atoms with E-state index < -0.39 is 5.54 Å². The van der Waals surface area contributed by atoms with Crippen LogP contribution in [0, 0.1) is 0 Å². The van der Waals surface area contributed by atoms with Crippen molar-refractivity contribution in [3.05, 3.63) is 125 Å². The smallest absolute Gasteiger partial charge is 0.157 e. The van der Waals surface area contributed by atoms with Gasteiger partial charge in [-0.25, -0.2) is 4.99 Å². The van der Waals surface area contributed by atoms with Gasteiger partial charge in [0.25, 0.3) is 0 Å². The predicted octanol–water partition coefficient (Wildman–Crippen LogP) is 5.62. The highest BCUT2D eigenvalue weighted by Crippen LogP contribution is 2.46. The van der Waals surface area contributed by atoms with E-state index in [1.165, 1.54) is 0 Å². The van der Waals surface area contributed by atoms with Gasteiger partial charge in [-0.3, -0.25) is 0 Å². The fraction of sp³-hybridized carbons (Fsp3) is 0.233. The number of rotatable bonds is 7. The van der Waals surface area contributed by atoms with Crippen LogP contribution < -0.4 is 10.6 Å². The molecule has 0 saturated heterocycles. The van der Waals surface area contributed by atoms with Crippen LogP contribution in [0.4, 0.5) is 5.69 Å². The van der Waals surface area contributed by atoms with Crippen molar-refractivity contribution in [2.45, 2.75) is 25.6 Å². The van der Waals surface area contributed by atoms with Crippen molar-refractivity contribution in [1.29, 1.82) is 0 Å². The van der Waals surface area contributed by atoms with Crippen molar-refractivity contribution >= 4 is 11.5 Å². The van der Waals surface area contributed by atoms with Gasteiger partial charge in [0.2, 0.25) is 0 Å². The molecule has 2 aliphatic heterocycles. The number of hydrogen-bond acceptors (Lipinski definition) is 5. The first-order valence-corrected chi connectivity index (χ1v) is 12.0. The van der Waals surface area contributed by atoms with Crippen LogP contribution in [0.5, 0.6) is 0 Å². The molecule has 0 saturated carbocycles. The van der Waals surface area contributed by atoms with Gasteiger partial charge < -0.3 is 20.1 Å². The summed E-state index contributed by atoms with van der Waals surface area (Å²) in [5.74, 6) is 0.776. The number of methoxy groups -OCH3 is 1. The Morgan fingerprint density at radius 1 is 0.886 bits per heavy atom. The highest BCUT2D eigenvalue weighted by molar-refractivity contribution is 6.12. The monoisotopic (exact) mass is 465 g/mol. The maximum atomic E-state index is 6.18. The van der Waals surface area contributed by atoms with Gasteiger partial charge in [-0.2, -0.15) is 0 Å². The Morgan fingerprint density at radius 2 is 1.51 bits per heavy atom. The second-order valence-electron chi connectivity index (χ2n) is 8.75. The third-order valence-electron chi connectivity index (χ3n) is 6.48. The topological polar surface area (TPSA) is 54.9 Å². The van der Waals surface area contributed by atoms with E-state index in [1.54, 1.807) is 7.11 Å². The van der Waals surface area contributed by atoms with Gasteiger partial charge in [-0.1, -0.05) is 78.9 Å². The van der Waals surface area contributed by atoms with E-state index in [-0.39, 0.29) is 6.23 Å². The van der Waals surface area contributed by atoms with Crippen LogP contribution in [0.2, 0.25) is 0 Å². The molecule has 3 aromatic rings. The third kappa shape index (κ3) is 4.18. The van der Waals surface area contributed by atoms with Crippen LogP contribution in [0.15, 0.2) is 113 Å². The molecule has 2 heterocycles. The molecule has 0 spiro atoms. The van der Waals surface area contributed by atoms with E-state index in [0.29, 0.717) is 13.2 Å². The van der Waals surface area contributed by atoms with Crippen molar-refractivity contribution in [1.82, 2.24) is 5.32 Å². The molecule has 0 aromatic heterocycles. The zero-order valence-corrected chi connectivity index (χ0v) is 20.4. The van der Waals surface area contributed by atoms with Crippen LogP contribution in [0.25, 0.3) is 0 Å². The van der Waals surface area contributed by atoms with Gasteiger partial charge in [-0.15, -0.1) is 0 Å². The first kappa shape index (κ1) is 23.1. The Kier molecular flexibility index (Phi) is 6.53. The lowest BCUT2D eigenvalue weighted by atomic mass is 9.75. The Morgan fingerprint density at radius 3 is 2.14 bits per heavy atom. The molecule has 5 nitrogen and oxygen atoms in total. The van der Waals surface area contributed by atoms with Gasteiger partial charge in [-0.05, 0) is 42.7 Å². The summed E-state index contributed by atoms with van der Waals surface area (Å²) < 4.78 is 11.8. The minimum Gasteiger partial charge on any atom is -0.380 e. The van der Waals surface area contributed by atoms with Crippen molar-refractivity contribution in [3.63, 3.8) is 0 Å². The average Bonchev–Trinajstić information content (AvgIpc) is 2.89. The molecule has 2 N–H and O–H groups in total. The minimum atomic E-state index is -0.724. The van der Waals surface area contributed by atoms with E-state index in [1.807, 2.05) is 26.0 Å². The van der Waals surface area contributed by atoms with Crippen LogP contribution in [-0.2, 0) is 15.0 Å². The number of fused-ring (bicyclic) bond motifs is 1.